The van der Waals surface area contributed by atoms with Gasteiger partial charge in [0.05, 0.1) is 23.4 Å². The van der Waals surface area contributed by atoms with Gasteiger partial charge in [0.1, 0.15) is 12.4 Å². The molecule has 4 aromatic rings. The van der Waals surface area contributed by atoms with Gasteiger partial charge in [0.25, 0.3) is 0 Å². The third kappa shape index (κ3) is 4.66. The van der Waals surface area contributed by atoms with Crippen molar-refractivity contribution in [3.8, 4) is 28.1 Å². The van der Waals surface area contributed by atoms with E-state index in [1.54, 1.807) is 18.3 Å². The molecule has 0 atom stereocenters. The molecule has 160 valence electrons. The van der Waals surface area contributed by atoms with Gasteiger partial charge in [-0.05, 0) is 41.8 Å². The highest BCUT2D eigenvalue weighted by molar-refractivity contribution is 6.32. The Morgan fingerprint density at radius 1 is 0.938 bits per heavy atom. The van der Waals surface area contributed by atoms with Gasteiger partial charge in [0, 0.05) is 17.3 Å². The fraction of sp³-hybridized carbons (Fsp3) is 0.111. The van der Waals surface area contributed by atoms with Crippen molar-refractivity contribution in [3.63, 3.8) is 0 Å². The summed E-state index contributed by atoms with van der Waals surface area (Å²) in [4.78, 5) is 16.8. The lowest BCUT2D eigenvalue weighted by atomic mass is 9.95. The van der Waals surface area contributed by atoms with E-state index in [9.17, 15) is 4.79 Å². The van der Waals surface area contributed by atoms with Gasteiger partial charge in [-0.1, -0.05) is 72.3 Å². The second-order valence-electron chi connectivity index (χ2n) is 7.35. The van der Waals surface area contributed by atoms with Crippen LogP contribution in [0, 0.1) is 6.92 Å². The second-order valence-corrected chi connectivity index (χ2v) is 7.75. The summed E-state index contributed by atoms with van der Waals surface area (Å²) in [7, 11) is 1.36. The van der Waals surface area contributed by atoms with Crippen LogP contribution >= 0.6 is 11.6 Å². The molecule has 0 aliphatic carbocycles. The van der Waals surface area contributed by atoms with Crippen LogP contribution in [0.15, 0.2) is 85.1 Å². The standard InChI is InChI=1S/C27H22ClNO3/c1-18-8-6-7-11-22(18)26-23(14-21(16-29-26)27(30)31-2)20-12-13-24(28)25(15-20)32-17-19-9-4-3-5-10-19/h3-16H,17H2,1-2H3. The van der Waals surface area contributed by atoms with Crippen LogP contribution in [0.5, 0.6) is 5.75 Å². The van der Waals surface area contributed by atoms with E-state index in [0.29, 0.717) is 22.9 Å². The monoisotopic (exact) mass is 443 g/mol. The number of nitrogens with zero attached hydrogens (tertiary/aromatic N) is 1. The van der Waals surface area contributed by atoms with Gasteiger partial charge < -0.3 is 9.47 Å². The van der Waals surface area contributed by atoms with Crippen molar-refractivity contribution in [2.45, 2.75) is 13.5 Å². The van der Waals surface area contributed by atoms with Crippen molar-refractivity contribution >= 4 is 17.6 Å². The number of carbonyl (C=O) groups excluding carboxylic acids is 1. The molecule has 0 amide bonds. The fourth-order valence-corrected chi connectivity index (χ4v) is 3.66. The molecule has 4 rings (SSSR count). The maximum atomic E-state index is 12.2. The summed E-state index contributed by atoms with van der Waals surface area (Å²) >= 11 is 6.42. The molecular weight excluding hydrogens is 422 g/mol. The first kappa shape index (κ1) is 21.6. The van der Waals surface area contributed by atoms with E-state index in [-0.39, 0.29) is 0 Å². The summed E-state index contributed by atoms with van der Waals surface area (Å²) in [6, 6.07) is 25.3. The largest absolute Gasteiger partial charge is 0.487 e. The molecule has 3 aromatic carbocycles. The minimum atomic E-state index is -0.440. The highest BCUT2D eigenvalue weighted by Gasteiger charge is 2.17. The predicted octanol–water partition coefficient (Wildman–Crippen LogP) is 6.74. The lowest BCUT2D eigenvalue weighted by Crippen LogP contribution is -2.04. The summed E-state index contributed by atoms with van der Waals surface area (Å²) in [6.45, 7) is 2.43. The first-order valence-electron chi connectivity index (χ1n) is 10.2. The number of pyridine rings is 1. The predicted molar refractivity (Wildman–Crippen MR) is 127 cm³/mol. The molecule has 0 bridgehead atoms. The van der Waals surface area contributed by atoms with Gasteiger partial charge in [-0.2, -0.15) is 0 Å². The minimum Gasteiger partial charge on any atom is -0.487 e. The van der Waals surface area contributed by atoms with Gasteiger partial charge in [-0.3, -0.25) is 4.98 Å². The molecule has 0 aliphatic heterocycles. The molecule has 0 aliphatic rings. The summed E-state index contributed by atoms with van der Waals surface area (Å²) in [5.41, 5.74) is 5.90. The molecule has 0 unspecified atom stereocenters. The number of aryl methyl sites for hydroxylation is 1. The van der Waals surface area contributed by atoms with Crippen LogP contribution in [0.1, 0.15) is 21.5 Å². The average molecular weight is 444 g/mol. The van der Waals surface area contributed by atoms with Crippen LogP contribution in [0.25, 0.3) is 22.4 Å². The van der Waals surface area contributed by atoms with Crippen molar-refractivity contribution in [3.05, 3.63) is 107 Å². The highest BCUT2D eigenvalue weighted by atomic mass is 35.5. The Morgan fingerprint density at radius 2 is 1.69 bits per heavy atom. The Balaban J connectivity index is 1.79. The Kier molecular flexibility index (Phi) is 6.52. The number of esters is 1. The Morgan fingerprint density at radius 3 is 2.44 bits per heavy atom. The molecule has 0 fully saturated rings. The maximum absolute atomic E-state index is 12.2. The molecule has 5 heteroatoms. The van der Waals surface area contributed by atoms with Gasteiger partial charge in [0.15, 0.2) is 0 Å². The third-order valence-corrected chi connectivity index (χ3v) is 5.50. The zero-order valence-electron chi connectivity index (χ0n) is 17.8. The molecule has 0 spiro atoms. The van der Waals surface area contributed by atoms with Gasteiger partial charge in [-0.25, -0.2) is 4.79 Å². The molecular formula is C27H22ClNO3. The molecule has 1 aromatic heterocycles. The number of rotatable bonds is 6. The highest BCUT2D eigenvalue weighted by Crippen LogP contribution is 2.37. The minimum absolute atomic E-state index is 0.376. The summed E-state index contributed by atoms with van der Waals surface area (Å²) in [6.07, 6.45) is 1.54. The molecule has 0 saturated heterocycles. The van der Waals surface area contributed by atoms with Crippen LogP contribution < -0.4 is 4.74 Å². The Labute approximate surface area is 192 Å². The van der Waals surface area contributed by atoms with E-state index in [0.717, 1.165) is 33.5 Å². The lowest BCUT2D eigenvalue weighted by Gasteiger charge is -2.15. The van der Waals surface area contributed by atoms with Gasteiger partial charge >= 0.3 is 5.97 Å². The van der Waals surface area contributed by atoms with E-state index in [1.807, 2.05) is 73.7 Å². The smallest absolute Gasteiger partial charge is 0.339 e. The molecule has 4 nitrogen and oxygen atoms in total. The summed E-state index contributed by atoms with van der Waals surface area (Å²) in [5.74, 6) is 0.122. The number of benzene rings is 3. The summed E-state index contributed by atoms with van der Waals surface area (Å²) in [5, 5.41) is 0.513. The average Bonchev–Trinajstić information content (AvgIpc) is 2.84. The number of aromatic nitrogens is 1. The van der Waals surface area contributed by atoms with Crippen LogP contribution in [-0.2, 0) is 11.3 Å². The van der Waals surface area contributed by atoms with E-state index >= 15 is 0 Å². The second kappa shape index (κ2) is 9.67. The number of halogens is 1. The van der Waals surface area contributed by atoms with Gasteiger partial charge in [0.2, 0.25) is 0 Å². The van der Waals surface area contributed by atoms with Crippen molar-refractivity contribution in [1.29, 1.82) is 0 Å². The number of methoxy groups -OCH3 is 1. The topological polar surface area (TPSA) is 48.4 Å². The molecule has 0 saturated carbocycles. The van der Waals surface area contributed by atoms with Gasteiger partial charge in [-0.15, -0.1) is 0 Å². The first-order valence-corrected chi connectivity index (χ1v) is 10.6. The van der Waals surface area contributed by atoms with Crippen molar-refractivity contribution in [2.75, 3.05) is 7.11 Å². The third-order valence-electron chi connectivity index (χ3n) is 5.19. The van der Waals surface area contributed by atoms with E-state index in [4.69, 9.17) is 21.1 Å². The molecule has 1 heterocycles. The number of carbonyl (C=O) groups is 1. The molecule has 32 heavy (non-hydrogen) atoms. The molecule has 0 N–H and O–H groups in total. The summed E-state index contributed by atoms with van der Waals surface area (Å²) < 4.78 is 10.9. The zero-order chi connectivity index (χ0) is 22.5. The van der Waals surface area contributed by atoms with Crippen LogP contribution in [0.2, 0.25) is 5.02 Å². The molecule has 0 radical (unpaired) electrons. The fourth-order valence-electron chi connectivity index (χ4n) is 3.48. The van der Waals surface area contributed by atoms with E-state index in [2.05, 4.69) is 4.98 Å². The van der Waals surface area contributed by atoms with Crippen LogP contribution in [-0.4, -0.2) is 18.1 Å². The maximum Gasteiger partial charge on any atom is 0.339 e. The number of hydrogen-bond donors (Lipinski definition) is 0. The quantitative estimate of drug-likeness (QED) is 0.309. The SMILES string of the molecule is COC(=O)c1cnc(-c2ccccc2C)c(-c2ccc(Cl)c(OCc3ccccc3)c2)c1. The number of ether oxygens (including phenoxy) is 2. The van der Waals surface area contributed by atoms with Crippen LogP contribution in [0.4, 0.5) is 0 Å². The van der Waals surface area contributed by atoms with E-state index < -0.39 is 5.97 Å². The van der Waals surface area contributed by atoms with Crippen molar-refractivity contribution in [2.24, 2.45) is 0 Å². The zero-order valence-corrected chi connectivity index (χ0v) is 18.6. The van der Waals surface area contributed by atoms with Crippen molar-refractivity contribution < 1.29 is 14.3 Å². The normalized spacial score (nSPS) is 10.6. The Bertz CT molecular complexity index is 1250. The van der Waals surface area contributed by atoms with E-state index in [1.165, 1.54) is 7.11 Å². The number of hydrogen-bond acceptors (Lipinski definition) is 4. The van der Waals surface area contributed by atoms with Crippen molar-refractivity contribution in [1.82, 2.24) is 4.98 Å². The Hall–Kier alpha value is -3.63. The lowest BCUT2D eigenvalue weighted by molar-refractivity contribution is 0.0600. The first-order chi connectivity index (χ1) is 15.6. The van der Waals surface area contributed by atoms with Crippen LogP contribution in [0.3, 0.4) is 0 Å².